The van der Waals surface area contributed by atoms with Crippen LogP contribution in [0.1, 0.15) is 43.2 Å². The third-order valence-electron chi connectivity index (χ3n) is 9.84. The van der Waals surface area contributed by atoms with Crippen LogP contribution < -0.4 is 20.7 Å². The maximum absolute atomic E-state index is 15.2. The first-order chi connectivity index (χ1) is 21.6. The van der Waals surface area contributed by atoms with Gasteiger partial charge in [-0.2, -0.15) is 28.4 Å². The Morgan fingerprint density at radius 1 is 1.18 bits per heavy atom. The van der Waals surface area contributed by atoms with Gasteiger partial charge in [-0.05, 0) is 38.3 Å². The van der Waals surface area contributed by atoms with Gasteiger partial charge in [-0.15, -0.1) is 11.3 Å². The van der Waals surface area contributed by atoms with Gasteiger partial charge in [-0.3, -0.25) is 9.88 Å². The molecule has 4 aromatic rings. The Bertz CT molecular complexity index is 1860. The van der Waals surface area contributed by atoms with E-state index in [-0.39, 0.29) is 57.4 Å². The van der Waals surface area contributed by atoms with Crippen molar-refractivity contribution in [2.24, 2.45) is 0 Å². The van der Waals surface area contributed by atoms with Crippen molar-refractivity contribution in [2.75, 3.05) is 43.4 Å². The Balaban J connectivity index is 1.32. The van der Waals surface area contributed by atoms with Gasteiger partial charge < -0.3 is 20.7 Å². The molecule has 45 heavy (non-hydrogen) atoms. The summed E-state index contributed by atoms with van der Waals surface area (Å²) in [6.07, 6.45) is -0.542. The maximum atomic E-state index is 15.2. The number of hydrogen-bond acceptors (Lipinski definition) is 10. The number of benzene rings is 1. The lowest BCUT2D eigenvalue weighted by molar-refractivity contribution is -0.136. The highest BCUT2D eigenvalue weighted by Crippen LogP contribution is 2.47. The second kappa shape index (κ2) is 10.4. The van der Waals surface area contributed by atoms with Crippen molar-refractivity contribution in [1.29, 1.82) is 5.26 Å². The maximum Gasteiger partial charge on any atom is 0.420 e. The van der Waals surface area contributed by atoms with E-state index in [9.17, 15) is 9.65 Å². The lowest BCUT2D eigenvalue weighted by atomic mass is 9.95. The number of ether oxygens (including phenoxy) is 1. The summed E-state index contributed by atoms with van der Waals surface area (Å²) in [5.74, 6) is 0.337. The van der Waals surface area contributed by atoms with Crippen molar-refractivity contribution >= 4 is 43.1 Å². The number of nitrogens with two attached hydrogens (primary N) is 1. The van der Waals surface area contributed by atoms with Crippen LogP contribution in [0.25, 0.3) is 32.2 Å². The Labute approximate surface area is 260 Å². The lowest BCUT2D eigenvalue weighted by Gasteiger charge is -2.35. The van der Waals surface area contributed by atoms with E-state index >= 15 is 13.2 Å². The van der Waals surface area contributed by atoms with Gasteiger partial charge >= 0.3 is 12.2 Å². The molecular formula is C31H30F4N8OS. The van der Waals surface area contributed by atoms with Crippen LogP contribution >= 0.6 is 11.3 Å². The number of nitrogen functional groups attached to an aromatic ring is 1. The Kier molecular flexibility index (Phi) is 6.60. The van der Waals surface area contributed by atoms with Gasteiger partial charge in [0, 0.05) is 60.0 Å². The van der Waals surface area contributed by atoms with E-state index in [1.807, 2.05) is 4.90 Å². The number of fused-ring (bicyclic) bond motifs is 5. The zero-order valence-electron chi connectivity index (χ0n) is 24.2. The molecule has 4 aliphatic heterocycles. The minimum atomic E-state index is -4.86. The number of halogens is 4. The molecule has 3 aromatic heterocycles. The molecule has 4 aliphatic rings. The molecule has 0 aliphatic carbocycles. The molecule has 234 valence electrons. The molecule has 2 bridgehead atoms. The molecule has 0 radical (unpaired) electrons. The Hall–Kier alpha value is -3.80. The van der Waals surface area contributed by atoms with Crippen molar-refractivity contribution in [3.63, 3.8) is 0 Å². The summed E-state index contributed by atoms with van der Waals surface area (Å²) in [5.41, 5.74) is 4.13. The average molecular weight is 639 g/mol. The summed E-state index contributed by atoms with van der Waals surface area (Å²) >= 11 is 1.14. The molecule has 2 unspecified atom stereocenters. The highest BCUT2D eigenvalue weighted by molar-refractivity contribution is 7.23. The fourth-order valence-electron chi connectivity index (χ4n) is 7.92. The molecule has 7 heterocycles. The molecule has 1 aromatic carbocycles. The predicted octanol–water partition coefficient (Wildman–Crippen LogP) is 5.27. The number of pyridine rings is 1. The SMILES string of the molecule is N#Cc1c(N)sc2cccc(-c3ncc4c(N5CC6CCC(C5)N6)nc(OC[C@@]56CCCN5C[C@H](F)C6)nc4c3C(F)(F)F)c12. The minimum Gasteiger partial charge on any atom is -0.461 e. The van der Waals surface area contributed by atoms with Crippen LogP contribution in [0.2, 0.25) is 0 Å². The molecular weight excluding hydrogens is 608 g/mol. The lowest BCUT2D eigenvalue weighted by Crippen LogP contribution is -2.51. The molecule has 4 saturated heterocycles. The van der Waals surface area contributed by atoms with Gasteiger partial charge in [0.15, 0.2) is 0 Å². The average Bonchev–Trinajstić information content (AvgIpc) is 3.73. The molecule has 3 N–H and O–H groups in total. The van der Waals surface area contributed by atoms with E-state index in [0.29, 0.717) is 42.0 Å². The number of piperazine rings is 1. The van der Waals surface area contributed by atoms with Crippen LogP contribution in [0.5, 0.6) is 6.01 Å². The van der Waals surface area contributed by atoms with Crippen LogP contribution in [0.4, 0.5) is 28.4 Å². The number of nitrogens with one attached hydrogen (secondary N) is 1. The number of nitrogens with zero attached hydrogens (tertiary/aromatic N) is 6. The van der Waals surface area contributed by atoms with Crippen LogP contribution in [0.15, 0.2) is 24.4 Å². The van der Waals surface area contributed by atoms with Crippen molar-refractivity contribution in [2.45, 2.75) is 62.1 Å². The first-order valence-corrected chi connectivity index (χ1v) is 16.0. The van der Waals surface area contributed by atoms with Crippen molar-refractivity contribution in [3.05, 3.63) is 35.5 Å². The number of rotatable bonds is 5. The highest BCUT2D eigenvalue weighted by atomic mass is 32.1. The van der Waals surface area contributed by atoms with E-state index in [1.165, 1.54) is 12.3 Å². The van der Waals surface area contributed by atoms with E-state index in [0.717, 1.165) is 43.6 Å². The van der Waals surface area contributed by atoms with Crippen LogP contribution in [0.3, 0.4) is 0 Å². The summed E-state index contributed by atoms with van der Waals surface area (Å²) in [5, 5.41) is 14.1. The molecule has 14 heteroatoms. The molecule has 4 fully saturated rings. The second-order valence-electron chi connectivity index (χ2n) is 12.6. The Morgan fingerprint density at radius 2 is 1.98 bits per heavy atom. The largest absolute Gasteiger partial charge is 0.461 e. The molecule has 0 amide bonds. The molecule has 9 nitrogen and oxygen atoms in total. The van der Waals surface area contributed by atoms with E-state index in [1.54, 1.807) is 12.1 Å². The standard InChI is InChI=1S/C31H30F4N8OS/c32-16-9-30(7-2-8-43(30)12-16)15-44-29-40-26-21(28(41-29)42-13-17-5-6-18(14-42)39-17)11-38-25(24(26)31(33,34)35)19-3-1-4-22-23(19)20(10-36)27(37)45-22/h1,3-4,11,16-18,39H,2,5-9,12-15,37H2/t16-,17?,18?,30+/m1/s1. The summed E-state index contributed by atoms with van der Waals surface area (Å²) < 4.78 is 66.9. The quantitative estimate of drug-likeness (QED) is 0.282. The third kappa shape index (κ3) is 4.66. The smallest absolute Gasteiger partial charge is 0.420 e. The summed E-state index contributed by atoms with van der Waals surface area (Å²) in [7, 11) is 0. The van der Waals surface area contributed by atoms with Crippen molar-refractivity contribution in [1.82, 2.24) is 25.2 Å². The van der Waals surface area contributed by atoms with Gasteiger partial charge in [0.05, 0.1) is 27.7 Å². The molecule has 8 rings (SSSR count). The molecule has 0 spiro atoms. The van der Waals surface area contributed by atoms with E-state index in [4.69, 9.17) is 15.5 Å². The zero-order valence-corrected chi connectivity index (χ0v) is 25.0. The number of aromatic nitrogens is 3. The molecule has 0 saturated carbocycles. The highest BCUT2D eigenvalue weighted by Gasteiger charge is 2.49. The van der Waals surface area contributed by atoms with Gasteiger partial charge in [0.2, 0.25) is 0 Å². The van der Waals surface area contributed by atoms with Crippen molar-refractivity contribution in [3.8, 4) is 23.3 Å². The van der Waals surface area contributed by atoms with Crippen molar-refractivity contribution < 1.29 is 22.3 Å². The van der Waals surface area contributed by atoms with Crippen LogP contribution in [0, 0.1) is 11.3 Å². The zero-order chi connectivity index (χ0) is 31.1. The molecule has 4 atom stereocenters. The fourth-order valence-corrected chi connectivity index (χ4v) is 8.87. The predicted molar refractivity (Wildman–Crippen MR) is 163 cm³/mol. The first-order valence-electron chi connectivity index (χ1n) is 15.2. The first kappa shape index (κ1) is 28.7. The number of nitriles is 1. The normalized spacial score (nSPS) is 26.6. The fraction of sp³-hybridized carbons (Fsp3) is 0.484. The van der Waals surface area contributed by atoms with Crippen LogP contribution in [-0.4, -0.2) is 76.4 Å². The number of thiophene rings is 1. The van der Waals surface area contributed by atoms with E-state index in [2.05, 4.69) is 26.3 Å². The van der Waals surface area contributed by atoms with Crippen LogP contribution in [-0.2, 0) is 6.18 Å². The number of anilines is 2. The summed E-state index contributed by atoms with van der Waals surface area (Å²) in [6.45, 7) is 2.32. The van der Waals surface area contributed by atoms with E-state index < -0.39 is 23.5 Å². The number of alkyl halides is 4. The minimum absolute atomic E-state index is 0.0868. The number of hydrogen-bond donors (Lipinski definition) is 2. The topological polar surface area (TPSA) is 116 Å². The van der Waals surface area contributed by atoms with Gasteiger partial charge in [-0.1, -0.05) is 12.1 Å². The van der Waals surface area contributed by atoms with Gasteiger partial charge in [0.1, 0.15) is 35.2 Å². The van der Waals surface area contributed by atoms with Gasteiger partial charge in [-0.25, -0.2) is 4.39 Å². The Morgan fingerprint density at radius 3 is 2.73 bits per heavy atom. The third-order valence-corrected chi connectivity index (χ3v) is 10.8. The summed E-state index contributed by atoms with van der Waals surface area (Å²) in [4.78, 5) is 17.6. The summed E-state index contributed by atoms with van der Waals surface area (Å²) in [6, 6.07) is 7.14. The monoisotopic (exact) mass is 638 g/mol. The second-order valence-corrected chi connectivity index (χ2v) is 13.7. The van der Waals surface area contributed by atoms with Gasteiger partial charge in [0.25, 0.3) is 0 Å².